The van der Waals surface area contributed by atoms with Gasteiger partial charge in [0.15, 0.2) is 5.96 Å². The Bertz CT molecular complexity index is 342. The quantitative estimate of drug-likeness (QED) is 0.318. The summed E-state index contributed by atoms with van der Waals surface area (Å²) in [6, 6.07) is 0. The van der Waals surface area contributed by atoms with Gasteiger partial charge in [-0.2, -0.15) is 0 Å². The topological polar surface area (TPSA) is 57.2 Å². The Morgan fingerprint density at radius 2 is 1.82 bits per heavy atom. The van der Waals surface area contributed by atoms with E-state index in [0.29, 0.717) is 19.7 Å². The summed E-state index contributed by atoms with van der Waals surface area (Å²) < 4.78 is 5.03. The van der Waals surface area contributed by atoms with E-state index in [0.717, 1.165) is 37.9 Å². The lowest BCUT2D eigenvalue weighted by Gasteiger charge is -2.35. The summed E-state index contributed by atoms with van der Waals surface area (Å²) in [5.74, 6) is 1.67. The van der Waals surface area contributed by atoms with E-state index in [4.69, 9.17) is 4.74 Å². The number of hydrogen-bond donors (Lipinski definition) is 1. The number of nitrogens with one attached hydrogen (secondary N) is 1. The van der Waals surface area contributed by atoms with Gasteiger partial charge in [-0.3, -0.25) is 4.99 Å². The number of aliphatic imine (C=N–C) groups is 1. The van der Waals surface area contributed by atoms with E-state index >= 15 is 0 Å². The third-order valence-electron chi connectivity index (χ3n) is 3.56. The fraction of sp³-hybridized carbons (Fsp3) is 0.867. The predicted molar refractivity (Wildman–Crippen MR) is 101 cm³/mol. The molecule has 0 aromatic rings. The summed E-state index contributed by atoms with van der Waals surface area (Å²) in [5, 5.41) is 3.40. The molecule has 1 heterocycles. The molecule has 0 aliphatic carbocycles. The van der Waals surface area contributed by atoms with Crippen LogP contribution in [0.5, 0.6) is 0 Å². The number of carbonyl (C=O) groups is 1. The van der Waals surface area contributed by atoms with Crippen molar-refractivity contribution in [2.75, 3.05) is 46.4 Å². The highest BCUT2D eigenvalue weighted by molar-refractivity contribution is 14.0. The normalized spacial score (nSPS) is 15.6. The number of rotatable bonds is 5. The molecule has 0 radical (unpaired) electrons. The van der Waals surface area contributed by atoms with Gasteiger partial charge in [0.1, 0.15) is 0 Å². The lowest BCUT2D eigenvalue weighted by Crippen LogP contribution is -2.54. The molecule has 1 aliphatic heterocycles. The van der Waals surface area contributed by atoms with Crippen LogP contribution in [0.4, 0.5) is 4.79 Å². The first-order chi connectivity index (χ1) is 10.1. The van der Waals surface area contributed by atoms with E-state index in [2.05, 4.69) is 29.1 Å². The van der Waals surface area contributed by atoms with Crippen molar-refractivity contribution in [1.82, 2.24) is 15.1 Å². The van der Waals surface area contributed by atoms with Crippen molar-refractivity contribution in [3.8, 4) is 0 Å². The summed E-state index contributed by atoms with van der Waals surface area (Å²) in [6.45, 7) is 10.6. The van der Waals surface area contributed by atoms with E-state index in [9.17, 15) is 4.79 Å². The number of carbonyl (C=O) groups excluding carboxylic acids is 1. The van der Waals surface area contributed by atoms with Gasteiger partial charge in [-0.25, -0.2) is 4.79 Å². The van der Waals surface area contributed by atoms with Crippen LogP contribution in [0.15, 0.2) is 4.99 Å². The molecular weight excluding hydrogens is 395 g/mol. The van der Waals surface area contributed by atoms with Crippen LogP contribution < -0.4 is 5.32 Å². The molecule has 1 fully saturated rings. The standard InChI is InChI=1S/C15H30N4O2.HI/c1-5-21-15(20)19-11-9-18(10-12-19)14(16-4)17-8-6-7-13(2)3;/h13H,5-12H2,1-4H3,(H,16,17);1H. The van der Waals surface area contributed by atoms with E-state index in [1.165, 1.54) is 6.42 Å². The molecule has 7 heteroatoms. The molecule has 1 N–H and O–H groups in total. The van der Waals surface area contributed by atoms with Crippen molar-refractivity contribution in [2.45, 2.75) is 33.6 Å². The van der Waals surface area contributed by atoms with Crippen molar-refractivity contribution in [3.05, 3.63) is 0 Å². The van der Waals surface area contributed by atoms with Crippen LogP contribution in [-0.4, -0.2) is 68.2 Å². The van der Waals surface area contributed by atoms with Crippen molar-refractivity contribution in [2.24, 2.45) is 10.9 Å². The third kappa shape index (κ3) is 7.51. The molecule has 0 saturated carbocycles. The highest BCUT2D eigenvalue weighted by Crippen LogP contribution is 2.05. The molecule has 1 saturated heterocycles. The first kappa shape index (κ1) is 21.3. The molecule has 0 aromatic carbocycles. The molecule has 1 aliphatic rings. The summed E-state index contributed by atoms with van der Waals surface area (Å²) in [7, 11) is 1.81. The van der Waals surface area contributed by atoms with Gasteiger partial charge in [-0.15, -0.1) is 24.0 Å². The van der Waals surface area contributed by atoms with Gasteiger partial charge in [0, 0.05) is 39.8 Å². The monoisotopic (exact) mass is 426 g/mol. The maximum absolute atomic E-state index is 11.7. The zero-order valence-corrected chi connectivity index (χ0v) is 16.6. The second kappa shape index (κ2) is 11.8. The SMILES string of the molecule is CCOC(=O)N1CCN(C(=NC)NCCCC(C)C)CC1.I. The Morgan fingerprint density at radius 1 is 1.23 bits per heavy atom. The lowest BCUT2D eigenvalue weighted by molar-refractivity contribution is 0.0914. The number of amides is 1. The fourth-order valence-electron chi connectivity index (χ4n) is 2.36. The zero-order valence-electron chi connectivity index (χ0n) is 14.3. The molecule has 22 heavy (non-hydrogen) atoms. The van der Waals surface area contributed by atoms with E-state index in [-0.39, 0.29) is 30.1 Å². The molecule has 0 bridgehead atoms. The Kier molecular flexibility index (Phi) is 11.4. The molecule has 0 aromatic heterocycles. The Morgan fingerprint density at radius 3 is 2.32 bits per heavy atom. The maximum atomic E-state index is 11.7. The summed E-state index contributed by atoms with van der Waals surface area (Å²) in [6.07, 6.45) is 2.16. The van der Waals surface area contributed by atoms with Gasteiger partial charge in [-0.05, 0) is 25.7 Å². The Balaban J connectivity index is 0.00000441. The van der Waals surface area contributed by atoms with Crippen LogP contribution in [0.3, 0.4) is 0 Å². The minimum atomic E-state index is -0.211. The number of ether oxygens (including phenoxy) is 1. The minimum absolute atomic E-state index is 0. The number of halogens is 1. The average molecular weight is 426 g/mol. The Labute approximate surface area is 151 Å². The van der Waals surface area contributed by atoms with E-state index in [1.807, 2.05) is 14.0 Å². The van der Waals surface area contributed by atoms with Gasteiger partial charge >= 0.3 is 6.09 Å². The molecule has 0 atom stereocenters. The molecule has 6 nitrogen and oxygen atoms in total. The number of guanidine groups is 1. The van der Waals surface area contributed by atoms with Crippen LogP contribution >= 0.6 is 24.0 Å². The third-order valence-corrected chi connectivity index (χ3v) is 3.56. The largest absolute Gasteiger partial charge is 0.450 e. The molecule has 0 spiro atoms. The van der Waals surface area contributed by atoms with Gasteiger partial charge in [0.2, 0.25) is 0 Å². The Hall–Kier alpha value is -0.730. The van der Waals surface area contributed by atoms with Gasteiger partial charge in [0.05, 0.1) is 6.61 Å². The van der Waals surface area contributed by atoms with Crippen molar-refractivity contribution in [3.63, 3.8) is 0 Å². The molecule has 1 amide bonds. The predicted octanol–water partition coefficient (Wildman–Crippen LogP) is 2.39. The zero-order chi connectivity index (χ0) is 15.7. The van der Waals surface area contributed by atoms with Crippen LogP contribution in [0.1, 0.15) is 33.6 Å². The van der Waals surface area contributed by atoms with Crippen LogP contribution in [0.2, 0.25) is 0 Å². The van der Waals surface area contributed by atoms with Crippen LogP contribution in [0.25, 0.3) is 0 Å². The average Bonchev–Trinajstić information content (AvgIpc) is 2.47. The highest BCUT2D eigenvalue weighted by atomic mass is 127. The van der Waals surface area contributed by atoms with Crippen molar-refractivity contribution in [1.29, 1.82) is 0 Å². The van der Waals surface area contributed by atoms with E-state index < -0.39 is 0 Å². The van der Waals surface area contributed by atoms with Gasteiger partial charge in [0.25, 0.3) is 0 Å². The maximum Gasteiger partial charge on any atom is 0.409 e. The summed E-state index contributed by atoms with van der Waals surface area (Å²) in [4.78, 5) is 19.9. The first-order valence-corrected chi connectivity index (χ1v) is 7.95. The first-order valence-electron chi connectivity index (χ1n) is 7.95. The fourth-order valence-corrected chi connectivity index (χ4v) is 2.36. The number of hydrogen-bond acceptors (Lipinski definition) is 3. The van der Waals surface area contributed by atoms with Crippen molar-refractivity contribution >= 4 is 36.0 Å². The summed E-state index contributed by atoms with van der Waals surface area (Å²) >= 11 is 0. The second-order valence-electron chi connectivity index (χ2n) is 5.68. The van der Waals surface area contributed by atoms with Crippen molar-refractivity contribution < 1.29 is 9.53 Å². The second-order valence-corrected chi connectivity index (χ2v) is 5.68. The molecule has 0 unspecified atom stereocenters. The van der Waals surface area contributed by atoms with Gasteiger partial charge < -0.3 is 19.9 Å². The van der Waals surface area contributed by atoms with Gasteiger partial charge in [-0.1, -0.05) is 13.8 Å². The van der Waals surface area contributed by atoms with Crippen LogP contribution in [0, 0.1) is 5.92 Å². The summed E-state index contributed by atoms with van der Waals surface area (Å²) in [5.41, 5.74) is 0. The molecular formula is C15H31IN4O2. The smallest absolute Gasteiger partial charge is 0.409 e. The number of nitrogens with zero attached hydrogens (tertiary/aromatic N) is 3. The number of piperazine rings is 1. The minimum Gasteiger partial charge on any atom is -0.450 e. The molecule has 1 rings (SSSR count). The lowest BCUT2D eigenvalue weighted by atomic mass is 10.1. The molecule has 130 valence electrons. The van der Waals surface area contributed by atoms with E-state index in [1.54, 1.807) is 4.90 Å². The van der Waals surface area contributed by atoms with Crippen LogP contribution in [-0.2, 0) is 4.74 Å². The highest BCUT2D eigenvalue weighted by Gasteiger charge is 2.23.